The summed E-state index contributed by atoms with van der Waals surface area (Å²) in [6.45, 7) is 0.597. The third-order valence-corrected chi connectivity index (χ3v) is 3.81. The highest BCUT2D eigenvalue weighted by Gasteiger charge is 2.07. The summed E-state index contributed by atoms with van der Waals surface area (Å²) < 4.78 is 11.7. The molecule has 3 nitrogen and oxygen atoms in total. The van der Waals surface area contributed by atoms with Crippen LogP contribution in [0.15, 0.2) is 69.8 Å². The number of methoxy groups -OCH3 is 1. The molecule has 0 amide bonds. The second kappa shape index (κ2) is 6.71. The van der Waals surface area contributed by atoms with Gasteiger partial charge >= 0.3 is 0 Å². The highest BCUT2D eigenvalue weighted by Crippen LogP contribution is 2.31. The molecule has 112 valence electrons. The molecule has 4 heteroatoms. The molecule has 3 rings (SSSR count). The van der Waals surface area contributed by atoms with Crippen molar-refractivity contribution in [3.8, 4) is 16.9 Å². The van der Waals surface area contributed by atoms with Gasteiger partial charge in [0.05, 0.1) is 19.3 Å². The van der Waals surface area contributed by atoms with Gasteiger partial charge in [-0.1, -0.05) is 36.4 Å². The maximum absolute atomic E-state index is 5.51. The van der Waals surface area contributed by atoms with Crippen molar-refractivity contribution in [2.75, 3.05) is 12.4 Å². The number of halogens is 1. The monoisotopic (exact) mass is 357 g/mol. The fraction of sp³-hybridized carbons (Fsp3) is 0.111. The van der Waals surface area contributed by atoms with Gasteiger partial charge in [-0.05, 0) is 51.3 Å². The Morgan fingerprint density at radius 1 is 1.00 bits per heavy atom. The normalized spacial score (nSPS) is 10.5. The minimum Gasteiger partial charge on any atom is -0.495 e. The van der Waals surface area contributed by atoms with Crippen LogP contribution in [0.25, 0.3) is 11.1 Å². The summed E-state index contributed by atoms with van der Waals surface area (Å²) in [6.07, 6.45) is 0. The topological polar surface area (TPSA) is 34.4 Å². The Morgan fingerprint density at radius 2 is 1.82 bits per heavy atom. The van der Waals surface area contributed by atoms with Gasteiger partial charge in [0.15, 0.2) is 4.67 Å². The van der Waals surface area contributed by atoms with Gasteiger partial charge in [0.25, 0.3) is 0 Å². The maximum atomic E-state index is 5.51. The molecule has 0 spiro atoms. The van der Waals surface area contributed by atoms with Gasteiger partial charge < -0.3 is 14.5 Å². The molecule has 0 unspecified atom stereocenters. The van der Waals surface area contributed by atoms with Crippen LogP contribution >= 0.6 is 15.9 Å². The largest absolute Gasteiger partial charge is 0.495 e. The molecule has 0 saturated heterocycles. The van der Waals surface area contributed by atoms with Gasteiger partial charge in [-0.2, -0.15) is 0 Å². The van der Waals surface area contributed by atoms with Crippen LogP contribution in [0, 0.1) is 0 Å². The molecule has 0 atom stereocenters. The zero-order valence-electron chi connectivity index (χ0n) is 12.2. The van der Waals surface area contributed by atoms with Crippen LogP contribution in [0.2, 0.25) is 0 Å². The van der Waals surface area contributed by atoms with Crippen molar-refractivity contribution in [3.63, 3.8) is 0 Å². The van der Waals surface area contributed by atoms with Crippen LogP contribution in [0.5, 0.6) is 5.75 Å². The van der Waals surface area contributed by atoms with Gasteiger partial charge in [-0.15, -0.1) is 0 Å². The first kappa shape index (κ1) is 14.7. The van der Waals surface area contributed by atoms with Crippen molar-refractivity contribution in [1.82, 2.24) is 0 Å². The first-order valence-electron chi connectivity index (χ1n) is 6.98. The second-order valence-electron chi connectivity index (χ2n) is 4.84. The minimum atomic E-state index is 0.597. The average molecular weight is 358 g/mol. The van der Waals surface area contributed by atoms with Crippen LogP contribution in [0.4, 0.5) is 5.69 Å². The molecular formula is C18H16BrNO2. The number of anilines is 1. The Hall–Kier alpha value is -2.20. The maximum Gasteiger partial charge on any atom is 0.169 e. The summed E-state index contributed by atoms with van der Waals surface area (Å²) in [4.78, 5) is 0. The van der Waals surface area contributed by atoms with E-state index in [9.17, 15) is 0 Å². The lowest BCUT2D eigenvalue weighted by Crippen LogP contribution is -2.00. The standard InChI is InChI=1S/C18H16BrNO2/c1-21-17-9-7-14(13-5-3-2-4-6-13)11-16(17)20-12-15-8-10-18(19)22-15/h2-11,20H,12H2,1H3. The third-order valence-electron chi connectivity index (χ3n) is 3.39. The van der Waals surface area contributed by atoms with E-state index in [4.69, 9.17) is 9.15 Å². The highest BCUT2D eigenvalue weighted by molar-refractivity contribution is 9.10. The van der Waals surface area contributed by atoms with Crippen molar-refractivity contribution in [2.45, 2.75) is 6.54 Å². The molecule has 1 heterocycles. The van der Waals surface area contributed by atoms with Gasteiger partial charge in [0.2, 0.25) is 0 Å². The second-order valence-corrected chi connectivity index (χ2v) is 5.62. The number of hydrogen-bond donors (Lipinski definition) is 1. The fourth-order valence-electron chi connectivity index (χ4n) is 2.29. The number of ether oxygens (including phenoxy) is 1. The van der Waals surface area contributed by atoms with Crippen LogP contribution in [-0.4, -0.2) is 7.11 Å². The lowest BCUT2D eigenvalue weighted by Gasteiger charge is -2.12. The van der Waals surface area contributed by atoms with E-state index in [1.165, 1.54) is 5.56 Å². The summed E-state index contributed by atoms with van der Waals surface area (Å²) in [7, 11) is 1.67. The predicted molar refractivity (Wildman–Crippen MR) is 92.2 cm³/mol. The molecule has 3 aromatic rings. The van der Waals surface area contributed by atoms with E-state index in [0.717, 1.165) is 27.4 Å². The van der Waals surface area contributed by atoms with Crippen molar-refractivity contribution >= 4 is 21.6 Å². The van der Waals surface area contributed by atoms with Crippen LogP contribution in [-0.2, 0) is 6.54 Å². The molecule has 1 N–H and O–H groups in total. The Balaban J connectivity index is 1.85. The SMILES string of the molecule is COc1ccc(-c2ccccc2)cc1NCc1ccc(Br)o1. The highest BCUT2D eigenvalue weighted by atomic mass is 79.9. The van der Waals surface area contributed by atoms with Crippen molar-refractivity contribution in [1.29, 1.82) is 0 Å². The predicted octanol–water partition coefficient (Wildman–Crippen LogP) is 5.33. The summed E-state index contributed by atoms with van der Waals surface area (Å²) in [5.41, 5.74) is 3.26. The quantitative estimate of drug-likeness (QED) is 0.669. The Labute approximate surface area is 138 Å². The summed E-state index contributed by atoms with van der Waals surface area (Å²) in [5.74, 6) is 1.67. The molecule has 0 aliphatic rings. The van der Waals surface area contributed by atoms with Crippen molar-refractivity contribution in [2.24, 2.45) is 0 Å². The summed E-state index contributed by atoms with van der Waals surface area (Å²) >= 11 is 3.31. The Bertz CT molecular complexity index is 753. The van der Waals surface area contributed by atoms with Crippen LogP contribution < -0.4 is 10.1 Å². The molecule has 0 saturated carbocycles. The van der Waals surface area contributed by atoms with Crippen molar-refractivity contribution < 1.29 is 9.15 Å². The summed E-state index contributed by atoms with van der Waals surface area (Å²) in [6, 6.07) is 20.2. The van der Waals surface area contributed by atoms with Crippen LogP contribution in [0.3, 0.4) is 0 Å². The first-order chi connectivity index (χ1) is 10.8. The van der Waals surface area contributed by atoms with Crippen molar-refractivity contribution in [3.05, 3.63) is 71.1 Å². The van der Waals surface area contributed by atoms with E-state index in [1.807, 2.05) is 36.4 Å². The lowest BCUT2D eigenvalue weighted by molar-refractivity contribution is 0.416. The first-order valence-corrected chi connectivity index (χ1v) is 7.77. The number of hydrogen-bond acceptors (Lipinski definition) is 3. The van der Waals surface area contributed by atoms with Crippen LogP contribution in [0.1, 0.15) is 5.76 Å². The van der Waals surface area contributed by atoms with E-state index < -0.39 is 0 Å². The zero-order chi connectivity index (χ0) is 15.4. The molecule has 0 radical (unpaired) electrons. The third kappa shape index (κ3) is 3.34. The molecule has 0 bridgehead atoms. The molecular weight excluding hydrogens is 342 g/mol. The number of furan rings is 1. The number of benzene rings is 2. The molecule has 1 aromatic heterocycles. The Kier molecular flexibility index (Phi) is 4.49. The molecule has 22 heavy (non-hydrogen) atoms. The lowest BCUT2D eigenvalue weighted by atomic mass is 10.0. The Morgan fingerprint density at radius 3 is 2.50 bits per heavy atom. The molecule has 0 aliphatic heterocycles. The van der Waals surface area contributed by atoms with Gasteiger partial charge in [0, 0.05) is 0 Å². The number of nitrogens with one attached hydrogen (secondary N) is 1. The fourth-order valence-corrected chi connectivity index (χ4v) is 2.63. The van der Waals surface area contributed by atoms with Gasteiger partial charge in [-0.3, -0.25) is 0 Å². The summed E-state index contributed by atoms with van der Waals surface area (Å²) in [5, 5.41) is 3.36. The van der Waals surface area contributed by atoms with E-state index in [0.29, 0.717) is 6.54 Å². The van der Waals surface area contributed by atoms with E-state index in [-0.39, 0.29) is 0 Å². The zero-order valence-corrected chi connectivity index (χ0v) is 13.8. The molecule has 0 fully saturated rings. The van der Waals surface area contributed by atoms with Gasteiger partial charge in [-0.25, -0.2) is 0 Å². The molecule has 2 aromatic carbocycles. The average Bonchev–Trinajstić information content (AvgIpc) is 2.99. The van der Waals surface area contributed by atoms with E-state index in [1.54, 1.807) is 7.11 Å². The van der Waals surface area contributed by atoms with E-state index in [2.05, 4.69) is 45.5 Å². The number of rotatable bonds is 5. The minimum absolute atomic E-state index is 0.597. The molecule has 0 aliphatic carbocycles. The van der Waals surface area contributed by atoms with Gasteiger partial charge in [0.1, 0.15) is 11.5 Å². The smallest absolute Gasteiger partial charge is 0.169 e. The van der Waals surface area contributed by atoms with E-state index >= 15 is 0 Å².